The van der Waals surface area contributed by atoms with Crippen molar-refractivity contribution in [3.8, 4) is 11.5 Å². The Bertz CT molecular complexity index is 728. The van der Waals surface area contributed by atoms with Gasteiger partial charge in [-0.05, 0) is 25.0 Å². The number of amides is 1. The normalized spacial score (nSPS) is 16.6. The highest BCUT2D eigenvalue weighted by molar-refractivity contribution is 6.30. The van der Waals surface area contributed by atoms with Crippen LogP contribution >= 0.6 is 11.6 Å². The predicted molar refractivity (Wildman–Crippen MR) is 90.1 cm³/mol. The molecule has 1 fully saturated rings. The summed E-state index contributed by atoms with van der Waals surface area (Å²) in [6.07, 6.45) is 2.07. The van der Waals surface area contributed by atoms with Crippen molar-refractivity contribution in [1.82, 2.24) is 10.5 Å². The summed E-state index contributed by atoms with van der Waals surface area (Å²) in [7, 11) is 1.53. The highest BCUT2D eigenvalue weighted by atomic mass is 35.5. The molecular formula is C17H19ClN2O5. The molecule has 0 aliphatic carbocycles. The van der Waals surface area contributed by atoms with Crippen molar-refractivity contribution in [2.45, 2.75) is 25.6 Å². The summed E-state index contributed by atoms with van der Waals surface area (Å²) < 4.78 is 21.4. The first-order valence-electron chi connectivity index (χ1n) is 7.97. The maximum absolute atomic E-state index is 12.1. The Kier molecular flexibility index (Phi) is 5.78. The van der Waals surface area contributed by atoms with Crippen molar-refractivity contribution in [2.75, 3.05) is 20.3 Å². The fourth-order valence-electron chi connectivity index (χ4n) is 2.50. The maximum atomic E-state index is 12.1. The number of carbonyl (C=O) groups is 1. The topological polar surface area (TPSA) is 82.8 Å². The monoisotopic (exact) mass is 366 g/mol. The van der Waals surface area contributed by atoms with Gasteiger partial charge in [-0.1, -0.05) is 16.8 Å². The first-order chi connectivity index (χ1) is 12.2. The van der Waals surface area contributed by atoms with Gasteiger partial charge in [0, 0.05) is 30.3 Å². The van der Waals surface area contributed by atoms with Crippen molar-refractivity contribution in [3.63, 3.8) is 0 Å². The molecule has 8 heteroatoms. The maximum Gasteiger partial charge on any atom is 0.273 e. The van der Waals surface area contributed by atoms with Crippen molar-refractivity contribution >= 4 is 17.5 Å². The van der Waals surface area contributed by atoms with Crippen LogP contribution in [-0.2, 0) is 11.3 Å². The van der Waals surface area contributed by atoms with Crippen molar-refractivity contribution in [2.24, 2.45) is 0 Å². The van der Waals surface area contributed by atoms with Crippen LogP contribution in [0, 0.1) is 0 Å². The number of halogens is 1. The van der Waals surface area contributed by atoms with Crippen LogP contribution in [0.1, 0.15) is 29.1 Å². The molecule has 1 unspecified atom stereocenters. The summed E-state index contributed by atoms with van der Waals surface area (Å²) in [6, 6.07) is 6.60. The van der Waals surface area contributed by atoms with E-state index < -0.39 is 0 Å². The van der Waals surface area contributed by atoms with Crippen LogP contribution in [0.5, 0.6) is 11.5 Å². The Morgan fingerprint density at radius 1 is 1.40 bits per heavy atom. The molecule has 1 aliphatic heterocycles. The summed E-state index contributed by atoms with van der Waals surface area (Å²) >= 11 is 5.91. The second kappa shape index (κ2) is 8.22. The highest BCUT2D eigenvalue weighted by Gasteiger charge is 2.18. The smallest absolute Gasteiger partial charge is 0.273 e. The Morgan fingerprint density at radius 2 is 2.28 bits per heavy atom. The van der Waals surface area contributed by atoms with Gasteiger partial charge in [0.15, 0.2) is 23.0 Å². The van der Waals surface area contributed by atoms with E-state index in [1.165, 1.54) is 7.11 Å². The van der Waals surface area contributed by atoms with Crippen LogP contribution in [0.25, 0.3) is 0 Å². The number of aromatic nitrogens is 1. The van der Waals surface area contributed by atoms with E-state index in [0.29, 0.717) is 28.8 Å². The van der Waals surface area contributed by atoms with E-state index in [1.807, 2.05) is 0 Å². The van der Waals surface area contributed by atoms with Crippen molar-refractivity contribution in [3.05, 3.63) is 40.7 Å². The lowest BCUT2D eigenvalue weighted by Crippen LogP contribution is -2.31. The van der Waals surface area contributed by atoms with Crippen molar-refractivity contribution in [1.29, 1.82) is 0 Å². The molecule has 0 bridgehead atoms. The summed E-state index contributed by atoms with van der Waals surface area (Å²) in [6.45, 7) is 1.34. The molecule has 0 saturated carbocycles. The summed E-state index contributed by atoms with van der Waals surface area (Å²) in [4.78, 5) is 12.1. The zero-order valence-electron chi connectivity index (χ0n) is 13.8. The molecule has 2 aromatic rings. The molecule has 0 radical (unpaired) electrons. The Hall–Kier alpha value is -2.25. The van der Waals surface area contributed by atoms with Gasteiger partial charge in [0.1, 0.15) is 6.61 Å². The Labute approximate surface area is 150 Å². The quantitative estimate of drug-likeness (QED) is 0.811. The molecule has 1 saturated heterocycles. The second-order valence-corrected chi connectivity index (χ2v) is 6.04. The first kappa shape index (κ1) is 17.6. The second-order valence-electron chi connectivity index (χ2n) is 5.61. The molecule has 1 aliphatic rings. The molecule has 3 rings (SSSR count). The zero-order chi connectivity index (χ0) is 17.6. The molecule has 0 spiro atoms. The Balaban J connectivity index is 1.53. The molecule has 2 heterocycles. The predicted octanol–water partition coefficient (Wildman–Crippen LogP) is 2.82. The number of nitrogens with zero attached hydrogens (tertiary/aromatic N) is 1. The van der Waals surface area contributed by atoms with Crippen LogP contribution in [0.3, 0.4) is 0 Å². The molecule has 7 nitrogen and oxygen atoms in total. The van der Waals surface area contributed by atoms with Crippen LogP contribution in [0.15, 0.2) is 28.8 Å². The molecule has 134 valence electrons. The largest absolute Gasteiger partial charge is 0.493 e. The number of rotatable bonds is 7. The van der Waals surface area contributed by atoms with E-state index in [0.717, 1.165) is 19.4 Å². The van der Waals surface area contributed by atoms with E-state index in [1.54, 1.807) is 24.3 Å². The van der Waals surface area contributed by atoms with Crippen LogP contribution in [-0.4, -0.2) is 37.4 Å². The van der Waals surface area contributed by atoms with Gasteiger partial charge in [-0.2, -0.15) is 0 Å². The van der Waals surface area contributed by atoms with Crippen LogP contribution in [0.4, 0.5) is 0 Å². The SMILES string of the molecule is COc1cc(Cl)ccc1OCc1cc(C(=O)NCC2CCCO2)no1. The van der Waals surface area contributed by atoms with Gasteiger partial charge in [0.2, 0.25) is 0 Å². The van der Waals surface area contributed by atoms with E-state index in [-0.39, 0.29) is 24.3 Å². The molecule has 1 amide bonds. The number of ether oxygens (including phenoxy) is 3. The molecule has 1 aromatic carbocycles. The Morgan fingerprint density at radius 3 is 3.04 bits per heavy atom. The molecule has 1 atom stereocenters. The minimum Gasteiger partial charge on any atom is -0.493 e. The molecule has 1 aromatic heterocycles. The minimum absolute atomic E-state index is 0.0797. The summed E-state index contributed by atoms with van der Waals surface area (Å²) in [5.74, 6) is 1.17. The van der Waals surface area contributed by atoms with Gasteiger partial charge >= 0.3 is 0 Å². The summed E-state index contributed by atoms with van der Waals surface area (Å²) in [5.41, 5.74) is 0.208. The standard InChI is InChI=1S/C17H19ClN2O5/c1-22-16-7-11(18)4-5-15(16)24-10-13-8-14(20-25-13)17(21)19-9-12-3-2-6-23-12/h4-5,7-8,12H,2-3,6,9-10H2,1H3,(H,19,21). The number of methoxy groups -OCH3 is 1. The molecule has 1 N–H and O–H groups in total. The van der Waals surface area contributed by atoms with E-state index in [9.17, 15) is 4.79 Å². The first-order valence-corrected chi connectivity index (χ1v) is 8.35. The van der Waals surface area contributed by atoms with Gasteiger partial charge in [-0.25, -0.2) is 0 Å². The third-order valence-electron chi connectivity index (χ3n) is 3.80. The lowest BCUT2D eigenvalue weighted by Gasteiger charge is -2.09. The average Bonchev–Trinajstić information content (AvgIpc) is 3.30. The van der Waals surface area contributed by atoms with E-state index in [4.69, 9.17) is 30.3 Å². The lowest BCUT2D eigenvalue weighted by molar-refractivity contribution is 0.0850. The van der Waals surface area contributed by atoms with Gasteiger partial charge in [-0.3, -0.25) is 4.79 Å². The third-order valence-corrected chi connectivity index (χ3v) is 4.04. The van der Waals surface area contributed by atoms with Gasteiger partial charge in [0.25, 0.3) is 5.91 Å². The van der Waals surface area contributed by atoms with Crippen LogP contribution < -0.4 is 14.8 Å². The minimum atomic E-state index is -0.297. The van der Waals surface area contributed by atoms with Gasteiger partial charge in [-0.15, -0.1) is 0 Å². The molecule has 25 heavy (non-hydrogen) atoms. The lowest BCUT2D eigenvalue weighted by atomic mass is 10.2. The fraction of sp³-hybridized carbons (Fsp3) is 0.412. The number of benzene rings is 1. The van der Waals surface area contributed by atoms with Crippen molar-refractivity contribution < 1.29 is 23.5 Å². The number of hydrogen-bond donors (Lipinski definition) is 1. The number of hydrogen-bond acceptors (Lipinski definition) is 6. The van der Waals surface area contributed by atoms with E-state index >= 15 is 0 Å². The van der Waals surface area contributed by atoms with Gasteiger partial charge < -0.3 is 24.1 Å². The average molecular weight is 367 g/mol. The number of carbonyl (C=O) groups excluding carboxylic acids is 1. The third kappa shape index (κ3) is 4.64. The van der Waals surface area contributed by atoms with E-state index in [2.05, 4.69) is 10.5 Å². The fourth-order valence-corrected chi connectivity index (χ4v) is 2.66. The zero-order valence-corrected chi connectivity index (χ0v) is 14.5. The molecular weight excluding hydrogens is 348 g/mol. The summed E-state index contributed by atoms with van der Waals surface area (Å²) in [5, 5.41) is 7.11. The number of nitrogens with one attached hydrogen (secondary N) is 1. The van der Waals surface area contributed by atoms with Crippen LogP contribution in [0.2, 0.25) is 5.02 Å². The highest BCUT2D eigenvalue weighted by Crippen LogP contribution is 2.30. The van der Waals surface area contributed by atoms with Gasteiger partial charge in [0.05, 0.1) is 13.2 Å².